The van der Waals surface area contributed by atoms with Gasteiger partial charge >= 0.3 is 0 Å². The van der Waals surface area contributed by atoms with E-state index in [9.17, 15) is 10.5 Å². The van der Waals surface area contributed by atoms with Crippen LogP contribution in [-0.2, 0) is 0 Å². The van der Waals surface area contributed by atoms with Crippen molar-refractivity contribution in [2.24, 2.45) is 0 Å². The van der Waals surface area contributed by atoms with Gasteiger partial charge in [0.1, 0.15) is 0 Å². The second-order valence-electron chi connectivity index (χ2n) is 12.0. The number of hydrogen-bond acceptors (Lipinski definition) is 2. The maximum Gasteiger partial charge on any atom is 0.0998 e. The molecule has 0 amide bonds. The van der Waals surface area contributed by atoms with Gasteiger partial charge in [-0.05, 0) is 71.8 Å². The van der Waals surface area contributed by atoms with Crippen LogP contribution in [0, 0.1) is 22.7 Å². The molecule has 0 aliphatic heterocycles. The summed E-state index contributed by atoms with van der Waals surface area (Å²) in [5.41, 5.74) is 11.6. The van der Waals surface area contributed by atoms with Gasteiger partial charge in [0.25, 0.3) is 0 Å². The molecule has 4 nitrogen and oxygen atoms in total. The summed E-state index contributed by atoms with van der Waals surface area (Å²) in [7, 11) is 0. The van der Waals surface area contributed by atoms with Gasteiger partial charge in [-0.3, -0.25) is 0 Å². The van der Waals surface area contributed by atoms with Crippen molar-refractivity contribution in [2.75, 3.05) is 0 Å². The number of nitriles is 2. The van der Waals surface area contributed by atoms with Crippen LogP contribution in [0.3, 0.4) is 0 Å². The van der Waals surface area contributed by atoms with Gasteiger partial charge in [-0.1, -0.05) is 97.1 Å². The molecule has 0 N–H and O–H groups in total. The molecule has 0 saturated heterocycles. The zero-order chi connectivity index (χ0) is 32.2. The van der Waals surface area contributed by atoms with E-state index in [0.717, 1.165) is 66.5 Å². The molecule has 2 aromatic heterocycles. The Bertz CT molecular complexity index is 2760. The van der Waals surface area contributed by atoms with E-state index >= 15 is 0 Å². The molecule has 0 saturated carbocycles. The van der Waals surface area contributed by atoms with E-state index in [4.69, 9.17) is 0 Å². The zero-order valence-electron chi connectivity index (χ0n) is 25.8. The summed E-state index contributed by atoms with van der Waals surface area (Å²) in [6.45, 7) is 0. The first-order valence-electron chi connectivity index (χ1n) is 15.9. The van der Waals surface area contributed by atoms with Crippen LogP contribution in [0.5, 0.6) is 0 Å². The number of para-hydroxylation sites is 4. The molecule has 48 heavy (non-hydrogen) atoms. The fraction of sp³-hybridized carbons (Fsp3) is 0. The molecule has 7 aromatic carbocycles. The lowest BCUT2D eigenvalue weighted by Crippen LogP contribution is -1.99. The first kappa shape index (κ1) is 27.4. The first-order chi connectivity index (χ1) is 23.7. The van der Waals surface area contributed by atoms with Crippen LogP contribution in [0.1, 0.15) is 11.1 Å². The third-order valence-corrected chi connectivity index (χ3v) is 9.42. The lowest BCUT2D eigenvalue weighted by atomic mass is 9.91. The zero-order valence-corrected chi connectivity index (χ0v) is 25.8. The van der Waals surface area contributed by atoms with Crippen molar-refractivity contribution in [2.45, 2.75) is 0 Å². The van der Waals surface area contributed by atoms with E-state index in [1.807, 2.05) is 48.5 Å². The number of fused-ring (bicyclic) bond motifs is 6. The second-order valence-corrected chi connectivity index (χ2v) is 12.0. The van der Waals surface area contributed by atoms with Crippen LogP contribution in [0.4, 0.5) is 0 Å². The van der Waals surface area contributed by atoms with Gasteiger partial charge < -0.3 is 9.13 Å². The highest BCUT2D eigenvalue weighted by Crippen LogP contribution is 2.41. The molecule has 2 heterocycles. The summed E-state index contributed by atoms with van der Waals surface area (Å²) in [4.78, 5) is 0. The molecule has 0 spiro atoms. The molecule has 0 bridgehead atoms. The molecule has 222 valence electrons. The van der Waals surface area contributed by atoms with Crippen LogP contribution in [0.15, 0.2) is 158 Å². The molecule has 4 heteroatoms. The summed E-state index contributed by atoms with van der Waals surface area (Å²) in [5, 5.41) is 24.6. The van der Waals surface area contributed by atoms with Crippen LogP contribution < -0.4 is 0 Å². The molecule has 9 aromatic rings. The predicted octanol–water partition coefficient (Wildman–Crippen LogP) is 11.0. The SMILES string of the molecule is N#Cc1ccc2c(c1)c1ccccc1n2-c1ccc(C#N)c(-c2ccccc2-c2ccccc2-n2c3ccccc3c3ccccc32)c1. The van der Waals surface area contributed by atoms with Crippen LogP contribution >= 0.6 is 0 Å². The Morgan fingerprint density at radius 2 is 0.896 bits per heavy atom. The Morgan fingerprint density at radius 3 is 1.54 bits per heavy atom. The lowest BCUT2D eigenvalue weighted by molar-refractivity contribution is 1.18. The highest BCUT2D eigenvalue weighted by Gasteiger charge is 2.20. The van der Waals surface area contributed by atoms with Crippen LogP contribution in [0.25, 0.3) is 77.2 Å². The van der Waals surface area contributed by atoms with Gasteiger partial charge in [-0.15, -0.1) is 0 Å². The van der Waals surface area contributed by atoms with E-state index < -0.39 is 0 Å². The number of hydrogen-bond donors (Lipinski definition) is 0. The van der Waals surface area contributed by atoms with Crippen LogP contribution in [0.2, 0.25) is 0 Å². The normalized spacial score (nSPS) is 11.3. The molecular weight excluding hydrogens is 585 g/mol. The summed E-state index contributed by atoms with van der Waals surface area (Å²) in [5.74, 6) is 0. The van der Waals surface area contributed by atoms with Crippen molar-refractivity contribution in [1.82, 2.24) is 9.13 Å². The van der Waals surface area contributed by atoms with E-state index in [0.29, 0.717) is 11.1 Å². The van der Waals surface area contributed by atoms with Gasteiger partial charge in [0.2, 0.25) is 0 Å². The van der Waals surface area contributed by atoms with Gasteiger partial charge in [0, 0.05) is 38.4 Å². The van der Waals surface area contributed by atoms with Crippen molar-refractivity contribution in [3.8, 4) is 45.8 Å². The summed E-state index contributed by atoms with van der Waals surface area (Å²) < 4.78 is 4.58. The molecule has 0 unspecified atom stereocenters. The average Bonchev–Trinajstić information content (AvgIpc) is 3.67. The minimum Gasteiger partial charge on any atom is -0.309 e. The fourth-order valence-corrected chi connectivity index (χ4v) is 7.34. The summed E-state index contributed by atoms with van der Waals surface area (Å²) >= 11 is 0. The minimum absolute atomic E-state index is 0.605. The van der Waals surface area contributed by atoms with Gasteiger partial charge in [-0.25, -0.2) is 0 Å². The summed E-state index contributed by atoms with van der Waals surface area (Å²) in [6, 6.07) is 58.9. The van der Waals surface area contributed by atoms with Gasteiger partial charge in [0.05, 0.1) is 51.0 Å². The fourth-order valence-electron chi connectivity index (χ4n) is 7.34. The smallest absolute Gasteiger partial charge is 0.0998 e. The van der Waals surface area contributed by atoms with E-state index in [2.05, 4.69) is 130 Å². The topological polar surface area (TPSA) is 57.4 Å². The maximum atomic E-state index is 10.4. The minimum atomic E-state index is 0.605. The average molecular weight is 611 g/mol. The van der Waals surface area contributed by atoms with Crippen molar-refractivity contribution < 1.29 is 0 Å². The van der Waals surface area contributed by atoms with Crippen molar-refractivity contribution >= 4 is 43.6 Å². The third-order valence-electron chi connectivity index (χ3n) is 9.42. The number of nitrogens with zero attached hydrogens (tertiary/aromatic N) is 4. The maximum absolute atomic E-state index is 10.4. The molecule has 0 radical (unpaired) electrons. The van der Waals surface area contributed by atoms with E-state index in [-0.39, 0.29) is 0 Å². The highest BCUT2D eigenvalue weighted by molar-refractivity contribution is 6.11. The molecular formula is C44H26N4. The Morgan fingerprint density at radius 1 is 0.375 bits per heavy atom. The molecule has 9 rings (SSSR count). The van der Waals surface area contributed by atoms with Crippen LogP contribution in [-0.4, -0.2) is 9.13 Å². The quantitative estimate of drug-likeness (QED) is 0.199. The Balaban J connectivity index is 1.29. The van der Waals surface area contributed by atoms with Crippen molar-refractivity contribution in [3.63, 3.8) is 0 Å². The second kappa shape index (κ2) is 10.9. The predicted molar refractivity (Wildman–Crippen MR) is 195 cm³/mol. The molecule has 0 aliphatic carbocycles. The lowest BCUT2D eigenvalue weighted by Gasteiger charge is -2.18. The highest BCUT2D eigenvalue weighted by atomic mass is 15.0. The molecule has 0 aliphatic rings. The summed E-state index contributed by atoms with van der Waals surface area (Å²) in [6.07, 6.45) is 0. The Labute approximate surface area is 277 Å². The largest absolute Gasteiger partial charge is 0.309 e. The van der Waals surface area contributed by atoms with Gasteiger partial charge in [0.15, 0.2) is 0 Å². The van der Waals surface area contributed by atoms with Gasteiger partial charge in [-0.2, -0.15) is 10.5 Å². The van der Waals surface area contributed by atoms with E-state index in [1.54, 1.807) is 0 Å². The molecule has 0 atom stereocenters. The molecule has 0 fully saturated rings. The monoisotopic (exact) mass is 610 g/mol. The number of rotatable bonds is 4. The number of aromatic nitrogens is 2. The van der Waals surface area contributed by atoms with Crippen molar-refractivity contribution in [1.29, 1.82) is 10.5 Å². The first-order valence-corrected chi connectivity index (χ1v) is 15.9. The van der Waals surface area contributed by atoms with E-state index in [1.165, 1.54) is 10.8 Å². The Hall–Kier alpha value is -6.88. The van der Waals surface area contributed by atoms with Crippen molar-refractivity contribution in [3.05, 3.63) is 169 Å². The Kier molecular flexibility index (Phi) is 6.22. The third kappa shape index (κ3) is 4.07. The number of benzene rings is 7. The standard InChI is InChI=1S/C44H26N4/c45-27-29-21-24-44-39(25-29)37-16-6-7-17-40(37)47(44)31-23-22-30(28-46)38(26-31)33-12-2-1-11-32(33)34-13-3-8-18-41(34)48-42-19-9-4-14-35(42)36-15-5-10-20-43(36)48/h1-26H.